The molecule has 3 rings (SSSR count). The minimum absolute atomic E-state index is 0.498. The Morgan fingerprint density at radius 1 is 1.00 bits per heavy atom. The van der Waals surface area contributed by atoms with E-state index < -0.39 is 0 Å². The molecule has 0 radical (unpaired) electrons. The van der Waals surface area contributed by atoms with E-state index in [-0.39, 0.29) is 0 Å². The summed E-state index contributed by atoms with van der Waals surface area (Å²) in [5, 5.41) is 3.63. The van der Waals surface area contributed by atoms with Crippen molar-refractivity contribution in [3.05, 3.63) is 66.2 Å². The largest absolute Gasteiger partial charge is 0.486 e. The first-order valence-electron chi connectivity index (χ1n) is 7.65. The summed E-state index contributed by atoms with van der Waals surface area (Å²) in [6.45, 7) is 5.80. The van der Waals surface area contributed by atoms with Crippen LogP contribution in [0.3, 0.4) is 0 Å². The highest BCUT2D eigenvalue weighted by Crippen LogP contribution is 2.31. The molecule has 2 aromatic carbocycles. The molecule has 124 valence electrons. The number of benzene rings is 2. The number of ether oxygens (including phenoxy) is 2. The van der Waals surface area contributed by atoms with Crippen LogP contribution in [0.25, 0.3) is 5.70 Å². The lowest BCUT2D eigenvalue weighted by Gasteiger charge is -2.20. The maximum Gasteiger partial charge on any atom is 0.185 e. The first-order valence-corrected chi connectivity index (χ1v) is 8.06. The third-order valence-electron chi connectivity index (χ3n) is 3.51. The van der Waals surface area contributed by atoms with E-state index in [1.165, 1.54) is 0 Å². The molecule has 0 unspecified atom stereocenters. The molecule has 2 aromatic rings. The second-order valence-electron chi connectivity index (χ2n) is 5.26. The monoisotopic (exact) mass is 341 g/mol. The Hall–Kier alpha value is -2.73. The highest BCUT2D eigenvalue weighted by molar-refractivity contribution is 7.80. The lowest BCUT2D eigenvalue weighted by Crippen LogP contribution is -2.42. The third kappa shape index (κ3) is 4.17. The average molecular weight is 341 g/mol. The van der Waals surface area contributed by atoms with E-state index in [1.54, 1.807) is 0 Å². The topological polar surface area (TPSA) is 54.5 Å². The van der Waals surface area contributed by atoms with E-state index >= 15 is 0 Å². The van der Waals surface area contributed by atoms with Gasteiger partial charge in [0.2, 0.25) is 0 Å². The van der Waals surface area contributed by atoms with Gasteiger partial charge in [-0.25, -0.2) is 0 Å². The standard InChI is InChI=1S/C18H19N3O2S/c1-13(15-7-8-16-17(11-15)23-10-9-22-16)20-21-18(24)19-12-14-5-3-2-4-6-14/h2-8,11,20H,1,9-10,12H2,(H2,19,21,24). The number of thiocarbonyl (C=S) groups is 1. The second kappa shape index (κ2) is 7.70. The van der Waals surface area contributed by atoms with Crippen LogP contribution in [0.1, 0.15) is 11.1 Å². The van der Waals surface area contributed by atoms with Gasteiger partial charge in [0, 0.05) is 12.1 Å². The zero-order valence-corrected chi connectivity index (χ0v) is 14.0. The minimum atomic E-state index is 0.498. The molecule has 0 atom stereocenters. The normalized spacial score (nSPS) is 12.2. The Kier molecular flexibility index (Phi) is 5.18. The third-order valence-corrected chi connectivity index (χ3v) is 3.76. The SMILES string of the molecule is C=C(NNC(=S)NCc1ccccc1)c1ccc2c(c1)OCCO2. The Morgan fingerprint density at radius 2 is 1.75 bits per heavy atom. The van der Waals surface area contributed by atoms with Crippen molar-refractivity contribution >= 4 is 23.0 Å². The van der Waals surface area contributed by atoms with Gasteiger partial charge >= 0.3 is 0 Å². The molecule has 0 saturated carbocycles. The van der Waals surface area contributed by atoms with E-state index in [2.05, 4.69) is 22.7 Å². The summed E-state index contributed by atoms with van der Waals surface area (Å²) in [7, 11) is 0. The van der Waals surface area contributed by atoms with Crippen LogP contribution >= 0.6 is 12.2 Å². The molecule has 3 N–H and O–H groups in total. The Morgan fingerprint density at radius 3 is 2.54 bits per heavy atom. The molecular formula is C18H19N3O2S. The van der Waals surface area contributed by atoms with E-state index in [9.17, 15) is 0 Å². The summed E-state index contributed by atoms with van der Waals surface area (Å²) in [5.41, 5.74) is 8.68. The molecule has 5 nitrogen and oxygen atoms in total. The molecule has 0 bridgehead atoms. The van der Waals surface area contributed by atoms with Gasteiger partial charge in [-0.2, -0.15) is 0 Å². The molecule has 0 aliphatic carbocycles. The van der Waals surface area contributed by atoms with Crippen molar-refractivity contribution in [3.8, 4) is 11.5 Å². The van der Waals surface area contributed by atoms with E-state index in [1.807, 2.05) is 48.5 Å². The van der Waals surface area contributed by atoms with Crippen molar-refractivity contribution in [1.29, 1.82) is 0 Å². The van der Waals surface area contributed by atoms with Crippen LogP contribution in [-0.4, -0.2) is 18.3 Å². The fourth-order valence-corrected chi connectivity index (χ4v) is 2.38. The van der Waals surface area contributed by atoms with Gasteiger partial charge in [0.1, 0.15) is 13.2 Å². The average Bonchev–Trinajstić information content (AvgIpc) is 2.65. The Bertz CT molecular complexity index is 734. The van der Waals surface area contributed by atoms with Crippen LogP contribution in [-0.2, 0) is 6.54 Å². The fraction of sp³-hybridized carbons (Fsp3) is 0.167. The van der Waals surface area contributed by atoms with Crippen LogP contribution in [0.15, 0.2) is 55.1 Å². The van der Waals surface area contributed by atoms with Gasteiger partial charge in [-0.1, -0.05) is 36.9 Å². The highest BCUT2D eigenvalue weighted by Gasteiger charge is 2.12. The van der Waals surface area contributed by atoms with Gasteiger partial charge in [-0.05, 0) is 36.0 Å². The van der Waals surface area contributed by atoms with Gasteiger partial charge < -0.3 is 14.8 Å². The number of hydrogen-bond donors (Lipinski definition) is 3. The molecule has 0 amide bonds. The number of hydrazine groups is 1. The van der Waals surface area contributed by atoms with Crippen molar-refractivity contribution in [2.45, 2.75) is 6.54 Å². The Balaban J connectivity index is 1.49. The number of hydrogen-bond acceptors (Lipinski definition) is 4. The summed E-state index contributed by atoms with van der Waals surface area (Å²) in [4.78, 5) is 0. The van der Waals surface area contributed by atoms with E-state index in [4.69, 9.17) is 21.7 Å². The Labute approximate surface area is 146 Å². The molecule has 1 aliphatic rings. The molecule has 0 saturated heterocycles. The van der Waals surface area contributed by atoms with Crippen molar-refractivity contribution < 1.29 is 9.47 Å². The lowest BCUT2D eigenvalue weighted by molar-refractivity contribution is 0.171. The summed E-state index contributed by atoms with van der Waals surface area (Å²) in [6.07, 6.45) is 0. The zero-order valence-electron chi connectivity index (χ0n) is 13.2. The quantitative estimate of drug-likeness (QED) is 0.574. The smallest absolute Gasteiger partial charge is 0.185 e. The number of rotatable bonds is 5. The van der Waals surface area contributed by atoms with Crippen LogP contribution in [0.2, 0.25) is 0 Å². The number of fused-ring (bicyclic) bond motifs is 1. The summed E-state index contributed by atoms with van der Waals surface area (Å²) < 4.78 is 11.1. The predicted molar refractivity (Wildman–Crippen MR) is 98.6 cm³/mol. The van der Waals surface area contributed by atoms with E-state index in [0.29, 0.717) is 30.6 Å². The van der Waals surface area contributed by atoms with Crippen molar-refractivity contribution in [2.24, 2.45) is 0 Å². The molecule has 0 spiro atoms. The molecule has 0 aromatic heterocycles. The summed E-state index contributed by atoms with van der Waals surface area (Å²) >= 11 is 5.25. The van der Waals surface area contributed by atoms with Gasteiger partial charge in [0.05, 0.1) is 5.70 Å². The molecule has 1 heterocycles. The van der Waals surface area contributed by atoms with Gasteiger partial charge in [-0.15, -0.1) is 0 Å². The highest BCUT2D eigenvalue weighted by atomic mass is 32.1. The first kappa shape index (κ1) is 16.1. The van der Waals surface area contributed by atoms with Gasteiger partial charge in [0.25, 0.3) is 0 Å². The minimum Gasteiger partial charge on any atom is -0.486 e. The summed E-state index contributed by atoms with van der Waals surface area (Å²) in [5.74, 6) is 1.48. The molecule has 24 heavy (non-hydrogen) atoms. The number of nitrogens with one attached hydrogen (secondary N) is 3. The molecule has 1 aliphatic heterocycles. The maximum absolute atomic E-state index is 5.57. The van der Waals surface area contributed by atoms with Crippen LogP contribution in [0.4, 0.5) is 0 Å². The second-order valence-corrected chi connectivity index (χ2v) is 5.66. The maximum atomic E-state index is 5.57. The van der Waals surface area contributed by atoms with Crippen molar-refractivity contribution in [3.63, 3.8) is 0 Å². The first-order chi connectivity index (χ1) is 11.7. The van der Waals surface area contributed by atoms with Crippen LogP contribution in [0, 0.1) is 0 Å². The molecular weight excluding hydrogens is 322 g/mol. The lowest BCUT2D eigenvalue weighted by atomic mass is 10.1. The molecule has 0 fully saturated rings. The molecule has 6 heteroatoms. The van der Waals surface area contributed by atoms with Crippen molar-refractivity contribution in [2.75, 3.05) is 13.2 Å². The fourth-order valence-electron chi connectivity index (χ4n) is 2.26. The predicted octanol–water partition coefficient (Wildman–Crippen LogP) is 2.60. The van der Waals surface area contributed by atoms with Gasteiger partial charge in [-0.3, -0.25) is 10.9 Å². The summed E-state index contributed by atoms with van der Waals surface area (Å²) in [6, 6.07) is 15.7. The van der Waals surface area contributed by atoms with Crippen molar-refractivity contribution in [1.82, 2.24) is 16.2 Å². The van der Waals surface area contributed by atoms with Crippen LogP contribution < -0.4 is 25.6 Å². The zero-order chi connectivity index (χ0) is 16.8. The van der Waals surface area contributed by atoms with Crippen LogP contribution in [0.5, 0.6) is 11.5 Å². The van der Waals surface area contributed by atoms with E-state index in [0.717, 1.165) is 22.6 Å². The van der Waals surface area contributed by atoms with Gasteiger partial charge in [0.15, 0.2) is 16.6 Å².